The lowest BCUT2D eigenvalue weighted by Crippen LogP contribution is -2.38. The Morgan fingerprint density at radius 2 is 2.08 bits per heavy atom. The van der Waals surface area contributed by atoms with Gasteiger partial charge >= 0.3 is 0 Å². The summed E-state index contributed by atoms with van der Waals surface area (Å²) in [6.45, 7) is 9.39. The van der Waals surface area contributed by atoms with Crippen molar-refractivity contribution in [2.45, 2.75) is 40.2 Å². The second kappa shape index (κ2) is 11.4. The predicted molar refractivity (Wildman–Crippen MR) is 147 cm³/mol. The maximum Gasteiger partial charge on any atom is 0.213 e. The number of benzene rings is 1. The van der Waals surface area contributed by atoms with Crippen LogP contribution in [0.25, 0.3) is 10.9 Å². The second-order valence-electron chi connectivity index (χ2n) is 10.4. The van der Waals surface area contributed by atoms with Crippen LogP contribution in [0.5, 0.6) is 0 Å². The number of hydrogen-bond acceptors (Lipinski definition) is 9. The molecule has 38 heavy (non-hydrogen) atoms. The number of pyridine rings is 2. The van der Waals surface area contributed by atoms with Gasteiger partial charge in [0.25, 0.3) is 0 Å². The predicted octanol–water partition coefficient (Wildman–Crippen LogP) is 4.76. The Morgan fingerprint density at radius 3 is 2.76 bits per heavy atom. The number of nitrogens with one attached hydrogen (secondary N) is 4. The second-order valence-corrected chi connectivity index (χ2v) is 10.8. The highest BCUT2D eigenvalue weighted by Gasteiger charge is 2.25. The fourth-order valence-corrected chi connectivity index (χ4v) is 4.45. The molecule has 0 unspecified atom stereocenters. The summed E-state index contributed by atoms with van der Waals surface area (Å²) in [5, 5.41) is 28.9. The van der Waals surface area contributed by atoms with Crippen molar-refractivity contribution in [3.05, 3.63) is 70.2 Å². The lowest BCUT2D eigenvalue weighted by Gasteiger charge is -2.24. The first-order chi connectivity index (χ1) is 18.1. The fraction of sp³-hybridized carbons (Fsp3) is 0.370. The molecule has 0 spiro atoms. The lowest BCUT2D eigenvalue weighted by atomic mass is 9.96. The number of aliphatic hydroxyl groups excluding tert-OH is 1. The van der Waals surface area contributed by atoms with E-state index in [1.807, 2.05) is 17.3 Å². The summed E-state index contributed by atoms with van der Waals surface area (Å²) >= 11 is 6.69. The Morgan fingerprint density at radius 1 is 1.29 bits per heavy atom. The maximum atomic E-state index is 13.9. The number of aromatic nitrogens is 2. The highest BCUT2D eigenvalue weighted by atomic mass is 35.5. The molecule has 1 aliphatic heterocycles. The number of nitriles is 1. The number of anilines is 2. The van der Waals surface area contributed by atoms with Crippen LogP contribution < -0.4 is 21.6 Å². The number of nitrogens with zero attached hydrogens (tertiary/aromatic N) is 4. The van der Waals surface area contributed by atoms with Gasteiger partial charge in [-0.15, -0.1) is 5.53 Å². The molecule has 1 aromatic carbocycles. The zero-order valence-electron chi connectivity index (χ0n) is 21.9. The van der Waals surface area contributed by atoms with Crippen molar-refractivity contribution in [3.63, 3.8) is 0 Å². The van der Waals surface area contributed by atoms with Gasteiger partial charge in [0.2, 0.25) is 5.95 Å². The van der Waals surface area contributed by atoms with Crippen molar-refractivity contribution in [1.82, 2.24) is 25.9 Å². The maximum absolute atomic E-state index is 13.9. The van der Waals surface area contributed by atoms with Gasteiger partial charge in [0, 0.05) is 54.4 Å². The SMILES string of the molecule is Cc1nc(F)ccc1[C@H](Nc1cc(Cl)c2ncc(C#N)c(NCC(C)(C)C)c2c1)C1=CN(CCCO)NN1. The first kappa shape index (κ1) is 27.4. The number of aliphatic hydroxyl groups is 1. The van der Waals surface area contributed by atoms with E-state index in [1.165, 1.54) is 12.3 Å². The van der Waals surface area contributed by atoms with Gasteiger partial charge in [0.05, 0.1) is 33.5 Å². The average molecular weight is 539 g/mol. The van der Waals surface area contributed by atoms with E-state index in [2.05, 4.69) is 58.4 Å². The van der Waals surface area contributed by atoms with Gasteiger partial charge in [-0.05, 0) is 37.0 Å². The van der Waals surface area contributed by atoms with E-state index in [0.29, 0.717) is 58.1 Å². The Kier molecular flexibility index (Phi) is 8.21. The molecule has 0 fully saturated rings. The molecule has 0 amide bonds. The van der Waals surface area contributed by atoms with Gasteiger partial charge < -0.3 is 21.2 Å². The molecule has 0 bridgehead atoms. The summed E-state index contributed by atoms with van der Waals surface area (Å²) in [7, 11) is 0. The van der Waals surface area contributed by atoms with Crippen LogP contribution in [0.4, 0.5) is 15.8 Å². The molecule has 4 rings (SSSR count). The molecule has 0 saturated carbocycles. The molecule has 2 aromatic heterocycles. The number of hydrogen-bond donors (Lipinski definition) is 5. The monoisotopic (exact) mass is 538 g/mol. The summed E-state index contributed by atoms with van der Waals surface area (Å²) in [5.74, 6) is -0.556. The third-order valence-corrected chi connectivity index (χ3v) is 6.35. The third kappa shape index (κ3) is 6.25. The standard InChI is InChI=1S/C27H32ClFN8O/c1-16-19(6-7-23(29)33-16)26(22-14-37(36-35-22)8-5-9-38)34-18-10-20-24(32-15-27(2,3)4)17(12-30)13-31-25(20)21(28)11-18/h6-7,10-11,13-14,26,34-36,38H,5,8-9,15H2,1-4H3,(H,31,32)/t26-/m0/s1. The van der Waals surface area contributed by atoms with Crippen LogP contribution in [0.1, 0.15) is 50.1 Å². The van der Waals surface area contributed by atoms with E-state index >= 15 is 0 Å². The summed E-state index contributed by atoms with van der Waals surface area (Å²) in [4.78, 5) is 8.46. The van der Waals surface area contributed by atoms with Crippen LogP contribution in [-0.2, 0) is 0 Å². The quantitative estimate of drug-likeness (QED) is 0.245. The highest BCUT2D eigenvalue weighted by Crippen LogP contribution is 2.36. The van der Waals surface area contributed by atoms with Gasteiger partial charge in [-0.2, -0.15) is 9.65 Å². The van der Waals surface area contributed by atoms with Crippen molar-refractivity contribution in [2.24, 2.45) is 5.41 Å². The van der Waals surface area contributed by atoms with Crippen LogP contribution >= 0.6 is 11.6 Å². The lowest BCUT2D eigenvalue weighted by molar-refractivity contribution is 0.223. The normalized spacial score (nSPS) is 14.2. The van der Waals surface area contributed by atoms with Crippen molar-refractivity contribution in [2.75, 3.05) is 30.3 Å². The zero-order chi connectivity index (χ0) is 27.4. The molecule has 200 valence electrons. The number of fused-ring (bicyclic) bond motifs is 1. The Balaban J connectivity index is 1.78. The Labute approximate surface area is 226 Å². The van der Waals surface area contributed by atoms with Crippen LogP contribution in [0.2, 0.25) is 5.02 Å². The first-order valence-corrected chi connectivity index (χ1v) is 12.7. The van der Waals surface area contributed by atoms with Crippen LogP contribution in [0, 0.1) is 29.6 Å². The van der Waals surface area contributed by atoms with Gasteiger partial charge in [0.1, 0.15) is 6.07 Å². The van der Waals surface area contributed by atoms with Crippen molar-refractivity contribution >= 4 is 33.9 Å². The van der Waals surface area contributed by atoms with Gasteiger partial charge in [-0.1, -0.05) is 38.4 Å². The molecule has 3 heterocycles. The summed E-state index contributed by atoms with van der Waals surface area (Å²) in [6.07, 6.45) is 4.01. The molecule has 1 aliphatic rings. The molecular formula is C27H32ClFN8O. The van der Waals surface area contributed by atoms with E-state index in [-0.39, 0.29) is 12.0 Å². The summed E-state index contributed by atoms with van der Waals surface area (Å²) in [5.41, 5.74) is 10.6. The van der Waals surface area contributed by atoms with E-state index in [0.717, 1.165) is 11.3 Å². The number of halogens is 2. The minimum Gasteiger partial charge on any atom is -0.396 e. The number of rotatable bonds is 9. The molecule has 0 radical (unpaired) electrons. The molecule has 0 aliphatic carbocycles. The fourth-order valence-electron chi connectivity index (χ4n) is 4.18. The molecule has 0 saturated heterocycles. The van der Waals surface area contributed by atoms with Crippen molar-refractivity contribution < 1.29 is 9.50 Å². The van der Waals surface area contributed by atoms with Crippen LogP contribution in [0.15, 0.2) is 42.4 Å². The first-order valence-electron chi connectivity index (χ1n) is 12.4. The van der Waals surface area contributed by atoms with Crippen molar-refractivity contribution in [3.8, 4) is 6.07 Å². The van der Waals surface area contributed by atoms with Crippen molar-refractivity contribution in [1.29, 1.82) is 5.26 Å². The molecule has 1 atom stereocenters. The Bertz CT molecular complexity index is 1400. The number of hydrazine groups is 2. The topological polar surface area (TPSA) is 121 Å². The third-order valence-electron chi connectivity index (χ3n) is 6.06. The molecule has 11 heteroatoms. The summed E-state index contributed by atoms with van der Waals surface area (Å²) < 4.78 is 13.9. The van der Waals surface area contributed by atoms with E-state index in [9.17, 15) is 14.8 Å². The molecule has 9 nitrogen and oxygen atoms in total. The number of aryl methyl sites for hydroxylation is 1. The Hall–Kier alpha value is -3.65. The van der Waals surface area contributed by atoms with E-state index < -0.39 is 12.0 Å². The highest BCUT2D eigenvalue weighted by molar-refractivity contribution is 6.35. The molecular weight excluding hydrogens is 507 g/mol. The van der Waals surface area contributed by atoms with Gasteiger partial charge in [-0.25, -0.2) is 4.98 Å². The largest absolute Gasteiger partial charge is 0.396 e. The van der Waals surface area contributed by atoms with E-state index in [1.54, 1.807) is 19.1 Å². The van der Waals surface area contributed by atoms with E-state index in [4.69, 9.17) is 11.6 Å². The van der Waals surface area contributed by atoms with Gasteiger partial charge in [0.15, 0.2) is 0 Å². The van der Waals surface area contributed by atoms with Gasteiger partial charge in [-0.3, -0.25) is 9.99 Å². The molecule has 5 N–H and O–H groups in total. The average Bonchev–Trinajstić information content (AvgIpc) is 3.33. The van der Waals surface area contributed by atoms with Crippen LogP contribution in [-0.4, -0.2) is 39.8 Å². The minimum absolute atomic E-state index is 0.0182. The minimum atomic E-state index is -0.556. The smallest absolute Gasteiger partial charge is 0.213 e. The van der Waals surface area contributed by atoms with Crippen LogP contribution in [0.3, 0.4) is 0 Å². The zero-order valence-corrected chi connectivity index (χ0v) is 22.6. The summed E-state index contributed by atoms with van der Waals surface area (Å²) in [6, 6.07) is 8.50. The molecule has 3 aromatic rings.